The third-order valence-electron chi connectivity index (χ3n) is 4.57. The predicted molar refractivity (Wildman–Crippen MR) is 101 cm³/mol. The molecule has 0 aliphatic carbocycles. The van der Waals surface area contributed by atoms with E-state index in [2.05, 4.69) is 9.82 Å². The van der Waals surface area contributed by atoms with E-state index in [0.29, 0.717) is 12.1 Å². The molecular weight excluding hydrogens is 378 g/mol. The summed E-state index contributed by atoms with van der Waals surface area (Å²) in [5.74, 6) is -0.126. The fraction of sp³-hybridized carbons (Fsp3) is 0.529. The lowest BCUT2D eigenvalue weighted by Crippen LogP contribution is -2.40. The van der Waals surface area contributed by atoms with Crippen LogP contribution >= 0.6 is 11.6 Å². The Bertz CT molecular complexity index is 810. The molecule has 26 heavy (non-hydrogen) atoms. The fourth-order valence-electron chi connectivity index (χ4n) is 3.18. The Morgan fingerprint density at radius 2 is 2.04 bits per heavy atom. The highest BCUT2D eigenvalue weighted by Crippen LogP contribution is 2.32. The quantitative estimate of drug-likeness (QED) is 0.770. The van der Waals surface area contributed by atoms with Crippen molar-refractivity contribution in [3.05, 3.63) is 29.8 Å². The minimum absolute atomic E-state index is 0.0136. The van der Waals surface area contributed by atoms with E-state index in [1.165, 1.54) is 11.9 Å². The average molecular weight is 400 g/mol. The van der Waals surface area contributed by atoms with Crippen molar-refractivity contribution in [1.29, 1.82) is 0 Å². The van der Waals surface area contributed by atoms with E-state index in [1.807, 2.05) is 0 Å². The SMILES string of the molecule is CCS(=O)(=O)Nc1ccc(C2=NN(C(C)=O)C(C3CCC(Cl)O3)C2)cc1. The highest BCUT2D eigenvalue weighted by atomic mass is 35.5. The van der Waals surface area contributed by atoms with Crippen molar-refractivity contribution in [1.82, 2.24) is 5.01 Å². The molecule has 1 saturated heterocycles. The Labute approximate surface area is 158 Å². The lowest BCUT2D eigenvalue weighted by Gasteiger charge is -2.25. The molecule has 1 aromatic carbocycles. The van der Waals surface area contributed by atoms with Gasteiger partial charge < -0.3 is 4.74 Å². The van der Waals surface area contributed by atoms with Crippen LogP contribution in [0.5, 0.6) is 0 Å². The second kappa shape index (κ2) is 7.54. The zero-order valence-electron chi connectivity index (χ0n) is 14.7. The molecule has 9 heteroatoms. The number of carbonyl (C=O) groups excluding carboxylic acids is 1. The van der Waals surface area contributed by atoms with Crippen molar-refractivity contribution in [2.24, 2.45) is 5.10 Å². The monoisotopic (exact) mass is 399 g/mol. The molecular formula is C17H22ClN3O4S. The van der Waals surface area contributed by atoms with E-state index in [1.54, 1.807) is 31.2 Å². The Morgan fingerprint density at radius 1 is 1.35 bits per heavy atom. The van der Waals surface area contributed by atoms with Crippen LogP contribution in [0.3, 0.4) is 0 Å². The summed E-state index contributed by atoms with van der Waals surface area (Å²) in [5, 5.41) is 5.94. The third kappa shape index (κ3) is 4.19. The van der Waals surface area contributed by atoms with Crippen molar-refractivity contribution < 1.29 is 17.9 Å². The van der Waals surface area contributed by atoms with Gasteiger partial charge >= 0.3 is 0 Å². The first kappa shape index (κ1) is 19.1. The van der Waals surface area contributed by atoms with Gasteiger partial charge in [0.1, 0.15) is 5.56 Å². The van der Waals surface area contributed by atoms with E-state index in [4.69, 9.17) is 16.3 Å². The fourth-order valence-corrected chi connectivity index (χ4v) is 4.08. The van der Waals surface area contributed by atoms with E-state index in [9.17, 15) is 13.2 Å². The standard InChI is InChI=1S/C17H22ClN3O4S/c1-3-26(23,24)20-13-6-4-12(5-7-13)14-10-15(21(19-14)11(2)22)16-8-9-17(18)25-16/h4-7,15-17,20H,3,8-10H2,1-2H3. The first-order chi connectivity index (χ1) is 12.3. The van der Waals surface area contributed by atoms with E-state index in [0.717, 1.165) is 24.1 Å². The smallest absolute Gasteiger partial charge is 0.239 e. The number of hydrogen-bond donors (Lipinski definition) is 1. The van der Waals surface area contributed by atoms with E-state index in [-0.39, 0.29) is 29.4 Å². The van der Waals surface area contributed by atoms with Crippen molar-refractivity contribution in [3.63, 3.8) is 0 Å². The van der Waals surface area contributed by atoms with Crippen LogP contribution < -0.4 is 4.72 Å². The zero-order valence-corrected chi connectivity index (χ0v) is 16.3. The molecule has 1 N–H and O–H groups in total. The maximum Gasteiger partial charge on any atom is 0.239 e. The largest absolute Gasteiger partial charge is 0.357 e. The molecule has 2 aliphatic heterocycles. The summed E-state index contributed by atoms with van der Waals surface area (Å²) in [5.41, 5.74) is 1.80. The number of benzene rings is 1. The van der Waals surface area contributed by atoms with Gasteiger partial charge in [-0.05, 0) is 37.5 Å². The molecule has 0 bridgehead atoms. The minimum Gasteiger partial charge on any atom is -0.357 e. The number of alkyl halides is 1. The van der Waals surface area contributed by atoms with Gasteiger partial charge in [-0.1, -0.05) is 23.7 Å². The lowest BCUT2D eigenvalue weighted by molar-refractivity contribution is -0.133. The summed E-state index contributed by atoms with van der Waals surface area (Å²) in [6.07, 6.45) is 2.01. The van der Waals surface area contributed by atoms with E-state index >= 15 is 0 Å². The number of nitrogens with one attached hydrogen (secondary N) is 1. The molecule has 0 aromatic heterocycles. The normalized spacial score (nSPS) is 26.0. The van der Waals surface area contributed by atoms with Crippen LogP contribution in [0.25, 0.3) is 0 Å². The number of anilines is 1. The molecule has 0 saturated carbocycles. The second-order valence-corrected chi connectivity index (χ2v) is 8.92. The van der Waals surface area contributed by atoms with Gasteiger partial charge in [-0.3, -0.25) is 9.52 Å². The molecule has 3 unspecified atom stereocenters. The summed E-state index contributed by atoms with van der Waals surface area (Å²) >= 11 is 6.03. The van der Waals surface area contributed by atoms with Gasteiger partial charge in [0.05, 0.1) is 23.6 Å². The molecule has 1 amide bonds. The summed E-state index contributed by atoms with van der Waals surface area (Å²) in [6, 6.07) is 6.82. The van der Waals surface area contributed by atoms with E-state index < -0.39 is 10.0 Å². The van der Waals surface area contributed by atoms with Crippen LogP contribution in [-0.4, -0.2) is 48.5 Å². The van der Waals surface area contributed by atoms with Crippen LogP contribution in [0.15, 0.2) is 29.4 Å². The molecule has 0 radical (unpaired) electrons. The molecule has 1 aromatic rings. The molecule has 2 aliphatic rings. The lowest BCUT2D eigenvalue weighted by atomic mass is 9.99. The number of nitrogens with zero attached hydrogens (tertiary/aromatic N) is 2. The van der Waals surface area contributed by atoms with Crippen LogP contribution in [0.1, 0.15) is 38.7 Å². The third-order valence-corrected chi connectivity index (χ3v) is 6.20. The van der Waals surface area contributed by atoms with Gasteiger partial charge in [0.2, 0.25) is 15.9 Å². The first-order valence-electron chi connectivity index (χ1n) is 8.57. The van der Waals surface area contributed by atoms with Crippen molar-refractivity contribution in [3.8, 4) is 0 Å². The molecule has 0 spiro atoms. The highest BCUT2D eigenvalue weighted by Gasteiger charge is 2.40. The average Bonchev–Trinajstić information content (AvgIpc) is 3.21. The van der Waals surface area contributed by atoms with Crippen molar-refractivity contribution >= 4 is 38.9 Å². The molecule has 3 atom stereocenters. The second-order valence-electron chi connectivity index (χ2n) is 6.43. The Morgan fingerprint density at radius 3 is 2.58 bits per heavy atom. The highest BCUT2D eigenvalue weighted by molar-refractivity contribution is 7.92. The van der Waals surface area contributed by atoms with Crippen LogP contribution in [0.2, 0.25) is 0 Å². The van der Waals surface area contributed by atoms with Gasteiger partial charge in [0.25, 0.3) is 0 Å². The topological polar surface area (TPSA) is 88.1 Å². The summed E-state index contributed by atoms with van der Waals surface area (Å²) < 4.78 is 31.5. The predicted octanol–water partition coefficient (Wildman–Crippen LogP) is 2.52. The number of hydrogen-bond acceptors (Lipinski definition) is 5. The number of hydrazone groups is 1. The van der Waals surface area contributed by atoms with Crippen LogP contribution in [-0.2, 0) is 19.6 Å². The number of rotatable bonds is 5. The van der Waals surface area contributed by atoms with Crippen molar-refractivity contribution in [2.45, 2.75) is 50.8 Å². The molecule has 142 valence electrons. The number of halogens is 1. The Hall–Kier alpha value is -1.64. The number of ether oxygens (including phenoxy) is 1. The van der Waals surface area contributed by atoms with Gasteiger partial charge in [0, 0.05) is 19.0 Å². The zero-order chi connectivity index (χ0) is 18.9. The van der Waals surface area contributed by atoms with Crippen LogP contribution in [0, 0.1) is 0 Å². The Balaban J connectivity index is 1.76. The van der Waals surface area contributed by atoms with Gasteiger partial charge in [0.15, 0.2) is 0 Å². The number of sulfonamides is 1. The van der Waals surface area contributed by atoms with Crippen LogP contribution in [0.4, 0.5) is 5.69 Å². The molecule has 2 heterocycles. The summed E-state index contributed by atoms with van der Waals surface area (Å²) in [6.45, 7) is 3.06. The number of carbonyl (C=O) groups is 1. The Kier molecular flexibility index (Phi) is 5.55. The maximum atomic E-state index is 12.0. The van der Waals surface area contributed by atoms with Gasteiger partial charge in [-0.15, -0.1) is 0 Å². The maximum absolute atomic E-state index is 12.0. The molecule has 1 fully saturated rings. The number of amides is 1. The summed E-state index contributed by atoms with van der Waals surface area (Å²) in [4.78, 5) is 12.0. The molecule has 7 nitrogen and oxygen atoms in total. The first-order valence-corrected chi connectivity index (χ1v) is 10.7. The van der Waals surface area contributed by atoms with Gasteiger partial charge in [-0.25, -0.2) is 13.4 Å². The summed E-state index contributed by atoms with van der Waals surface area (Å²) in [7, 11) is -3.31. The minimum atomic E-state index is -3.31. The molecule has 3 rings (SSSR count). The van der Waals surface area contributed by atoms with Gasteiger partial charge in [-0.2, -0.15) is 5.10 Å². The van der Waals surface area contributed by atoms with Crippen molar-refractivity contribution in [2.75, 3.05) is 10.5 Å².